The number of hydrogen-bond acceptors (Lipinski definition) is 11. The van der Waals surface area contributed by atoms with E-state index in [1.54, 1.807) is 12.1 Å². The third-order valence-corrected chi connectivity index (χ3v) is 9.40. The first kappa shape index (κ1) is 27.7. The zero-order valence-electron chi connectivity index (χ0n) is 24.3. The van der Waals surface area contributed by atoms with Gasteiger partial charge in [0.25, 0.3) is 0 Å². The van der Waals surface area contributed by atoms with Crippen LogP contribution in [0.3, 0.4) is 0 Å². The molecule has 1 aromatic rings. The Morgan fingerprint density at radius 2 is 1.90 bits per heavy atom. The zero-order chi connectivity index (χ0) is 28.8. The first-order valence-corrected chi connectivity index (χ1v) is 15.1. The fraction of sp³-hybridized carbons (Fsp3) is 0.655. The molecule has 42 heavy (non-hydrogen) atoms. The Kier molecular flexibility index (Phi) is 7.60. The van der Waals surface area contributed by atoms with Crippen LogP contribution >= 0.6 is 0 Å². The van der Waals surface area contributed by atoms with Crippen molar-refractivity contribution in [2.24, 2.45) is 5.92 Å². The van der Waals surface area contributed by atoms with Crippen molar-refractivity contribution < 1.29 is 19.1 Å². The van der Waals surface area contributed by atoms with Gasteiger partial charge in [0.15, 0.2) is 0 Å². The SMILES string of the molecule is COc1ccc(NC2NCC3C(=O)N4CC#CCCN5C(=O)COC6CCC(NC65)N4C3N2)cc1N1CCN(C)CC1. The molecule has 2 amide bonds. The average molecular weight is 580 g/mol. The fourth-order valence-electron chi connectivity index (χ4n) is 7.11. The average Bonchev–Trinajstić information content (AvgIpc) is 3.26. The number of carbonyl (C=O) groups is 2. The van der Waals surface area contributed by atoms with Crippen LogP contribution < -0.4 is 30.9 Å². The van der Waals surface area contributed by atoms with E-state index in [0.717, 1.165) is 56.1 Å². The van der Waals surface area contributed by atoms with Crippen molar-refractivity contribution in [3.8, 4) is 17.6 Å². The molecule has 0 aromatic heterocycles. The lowest BCUT2D eigenvalue weighted by Crippen LogP contribution is -2.72. The van der Waals surface area contributed by atoms with Gasteiger partial charge in [-0.2, -0.15) is 5.01 Å². The number of carbonyl (C=O) groups excluding carboxylic acids is 2. The number of nitrogens with one attached hydrogen (secondary N) is 4. The summed E-state index contributed by atoms with van der Waals surface area (Å²) in [6.45, 7) is 5.44. The van der Waals surface area contributed by atoms with Crippen LogP contribution in [0.25, 0.3) is 0 Å². The minimum absolute atomic E-state index is 0.0163. The molecule has 0 spiro atoms. The van der Waals surface area contributed by atoms with E-state index < -0.39 is 0 Å². The van der Waals surface area contributed by atoms with Crippen molar-refractivity contribution in [2.45, 2.75) is 50.2 Å². The van der Waals surface area contributed by atoms with Crippen molar-refractivity contribution >= 4 is 23.2 Å². The molecule has 7 rings (SSSR count). The summed E-state index contributed by atoms with van der Waals surface area (Å²) in [5.41, 5.74) is 2.04. The summed E-state index contributed by atoms with van der Waals surface area (Å²) in [6.07, 6.45) is 1.24. The third-order valence-electron chi connectivity index (χ3n) is 9.40. The van der Waals surface area contributed by atoms with Gasteiger partial charge in [-0.3, -0.25) is 30.5 Å². The summed E-state index contributed by atoms with van der Waals surface area (Å²) in [6, 6.07) is 6.18. The van der Waals surface area contributed by atoms with E-state index >= 15 is 0 Å². The summed E-state index contributed by atoms with van der Waals surface area (Å²) >= 11 is 0. The van der Waals surface area contributed by atoms with Gasteiger partial charge in [-0.1, -0.05) is 11.8 Å². The Hall–Kier alpha value is -3.12. The van der Waals surface area contributed by atoms with E-state index in [0.29, 0.717) is 26.1 Å². The highest BCUT2D eigenvalue weighted by Gasteiger charge is 2.53. The Balaban J connectivity index is 1.11. The number of fused-ring (bicyclic) bond motifs is 5. The highest BCUT2D eigenvalue weighted by Crippen LogP contribution is 2.35. The highest BCUT2D eigenvalue weighted by molar-refractivity contribution is 5.82. The molecule has 5 fully saturated rings. The zero-order valence-corrected chi connectivity index (χ0v) is 24.3. The van der Waals surface area contributed by atoms with E-state index in [1.807, 2.05) is 17.0 Å². The minimum Gasteiger partial charge on any atom is -0.495 e. The van der Waals surface area contributed by atoms with E-state index in [2.05, 4.69) is 61.0 Å². The predicted molar refractivity (Wildman–Crippen MR) is 156 cm³/mol. The number of piperazine rings is 1. The molecule has 0 saturated carbocycles. The van der Waals surface area contributed by atoms with Crippen molar-refractivity contribution in [1.82, 2.24) is 35.8 Å². The number of anilines is 2. The lowest BCUT2D eigenvalue weighted by molar-refractivity contribution is -0.175. The first-order chi connectivity index (χ1) is 20.5. The van der Waals surface area contributed by atoms with Crippen LogP contribution in [-0.2, 0) is 14.3 Å². The first-order valence-electron chi connectivity index (χ1n) is 15.1. The molecule has 1 aromatic carbocycles. The van der Waals surface area contributed by atoms with Crippen molar-refractivity contribution in [3.05, 3.63) is 18.2 Å². The van der Waals surface area contributed by atoms with E-state index in [1.165, 1.54) is 0 Å². The van der Waals surface area contributed by atoms with Crippen LogP contribution in [0.1, 0.15) is 19.3 Å². The number of benzene rings is 1. The summed E-state index contributed by atoms with van der Waals surface area (Å²) in [7, 11) is 3.86. The van der Waals surface area contributed by atoms with Crippen molar-refractivity contribution in [3.63, 3.8) is 0 Å². The Morgan fingerprint density at radius 3 is 2.74 bits per heavy atom. The van der Waals surface area contributed by atoms with E-state index in [-0.39, 0.29) is 55.2 Å². The Morgan fingerprint density at radius 1 is 1.05 bits per heavy atom. The van der Waals surface area contributed by atoms with Crippen molar-refractivity contribution in [1.29, 1.82) is 0 Å². The van der Waals surface area contributed by atoms with Gasteiger partial charge in [-0.05, 0) is 38.1 Å². The van der Waals surface area contributed by atoms with Gasteiger partial charge in [-0.25, -0.2) is 0 Å². The summed E-state index contributed by atoms with van der Waals surface area (Å²) in [5.74, 6) is 7.03. The second-order valence-electron chi connectivity index (χ2n) is 11.9. The molecular weight excluding hydrogens is 538 g/mol. The van der Waals surface area contributed by atoms with E-state index in [4.69, 9.17) is 9.47 Å². The van der Waals surface area contributed by atoms with E-state index in [9.17, 15) is 9.59 Å². The largest absolute Gasteiger partial charge is 0.495 e. The van der Waals surface area contributed by atoms with Crippen LogP contribution in [0.2, 0.25) is 0 Å². The number of piperidine rings is 1. The molecule has 0 radical (unpaired) electrons. The Labute approximate surface area is 246 Å². The monoisotopic (exact) mass is 579 g/mol. The predicted octanol–water partition coefficient (Wildman–Crippen LogP) is -0.993. The number of rotatable bonds is 4. The van der Waals surface area contributed by atoms with Gasteiger partial charge in [-0.15, -0.1) is 0 Å². The van der Waals surface area contributed by atoms with Crippen molar-refractivity contribution in [2.75, 3.05) is 76.8 Å². The quantitative estimate of drug-likeness (QED) is 0.330. The van der Waals surface area contributed by atoms with Crippen LogP contribution in [0, 0.1) is 17.8 Å². The minimum atomic E-state index is -0.260. The number of amides is 2. The van der Waals surface area contributed by atoms with Crippen LogP contribution in [-0.4, -0.2) is 129 Å². The van der Waals surface area contributed by atoms with Gasteiger partial charge in [0.05, 0.1) is 43.7 Å². The van der Waals surface area contributed by atoms with Crippen LogP contribution in [0.15, 0.2) is 18.2 Å². The molecule has 13 heteroatoms. The molecule has 4 N–H and O–H groups in total. The van der Waals surface area contributed by atoms with Crippen LogP contribution in [0.4, 0.5) is 11.4 Å². The summed E-state index contributed by atoms with van der Waals surface area (Å²) in [4.78, 5) is 33.0. The number of methoxy groups -OCH3 is 1. The normalized spacial score (nSPS) is 33.7. The molecule has 0 aliphatic carbocycles. The molecular formula is C29H41N9O4. The smallest absolute Gasteiger partial charge is 0.249 e. The van der Waals surface area contributed by atoms with Gasteiger partial charge >= 0.3 is 0 Å². The number of morpholine rings is 1. The second-order valence-corrected chi connectivity index (χ2v) is 11.9. The molecule has 2 bridgehead atoms. The highest BCUT2D eigenvalue weighted by atomic mass is 16.5. The van der Waals surface area contributed by atoms with Gasteiger partial charge in [0, 0.05) is 51.4 Å². The van der Waals surface area contributed by atoms with Crippen LogP contribution in [0.5, 0.6) is 5.75 Å². The third kappa shape index (κ3) is 5.06. The number of ether oxygens (including phenoxy) is 2. The van der Waals surface area contributed by atoms with Gasteiger partial charge < -0.3 is 29.5 Å². The molecule has 6 atom stereocenters. The maximum atomic E-state index is 13.7. The van der Waals surface area contributed by atoms with Gasteiger partial charge in [0.2, 0.25) is 11.8 Å². The molecule has 6 aliphatic heterocycles. The summed E-state index contributed by atoms with van der Waals surface area (Å²) in [5, 5.41) is 18.4. The maximum absolute atomic E-state index is 13.7. The fourth-order valence-corrected chi connectivity index (χ4v) is 7.11. The summed E-state index contributed by atoms with van der Waals surface area (Å²) < 4.78 is 11.6. The number of nitrogens with zero attached hydrogens (tertiary/aromatic N) is 5. The topological polar surface area (TPSA) is 117 Å². The van der Waals surface area contributed by atoms with Gasteiger partial charge in [0.1, 0.15) is 24.8 Å². The Bertz CT molecular complexity index is 1260. The number of likely N-dealkylation sites (N-methyl/N-ethyl adjacent to an activating group) is 1. The molecule has 5 saturated heterocycles. The molecule has 13 nitrogen and oxygen atoms in total. The lowest BCUT2D eigenvalue weighted by Gasteiger charge is -2.50. The molecule has 6 heterocycles. The molecule has 6 aliphatic rings. The second kappa shape index (κ2) is 11.5. The standard InChI is InChI=1S/C29H41N9O4/c1-34-12-14-35(15-13-34)21-16-19(6-7-22(21)41-2)31-29-30-17-20-26(33-29)38-24-9-8-23-27(32-24)36(25(39)18-42-23)10-4-3-5-11-37(38)28(20)40/h6-7,16,20,23-24,26-27,29-33H,4,8-15,17-18H2,1-2H3. The molecule has 226 valence electrons. The maximum Gasteiger partial charge on any atom is 0.249 e. The number of hydrogen-bond donors (Lipinski definition) is 4. The lowest BCUT2D eigenvalue weighted by atomic mass is 9.99. The number of hydrazine groups is 1. The molecule has 6 unspecified atom stereocenters.